The molecular weight excluding hydrogens is 226 g/mol. The first-order chi connectivity index (χ1) is 7.75. The first-order valence-corrected chi connectivity index (χ1v) is 5.29. The Morgan fingerprint density at radius 1 is 1.44 bits per heavy atom. The van der Waals surface area contributed by atoms with Crippen LogP contribution in [0.4, 0.5) is 5.69 Å². The number of anilines is 1. The zero-order chi connectivity index (χ0) is 11.4. The molecule has 0 spiro atoms. The van der Waals surface area contributed by atoms with Crippen molar-refractivity contribution < 1.29 is 4.74 Å². The molecule has 0 unspecified atom stereocenters. The van der Waals surface area contributed by atoms with Crippen molar-refractivity contribution in [3.05, 3.63) is 41.7 Å². The molecule has 0 atom stereocenters. The third-order valence-electron chi connectivity index (χ3n) is 2.12. The van der Waals surface area contributed by atoms with Crippen molar-refractivity contribution in [1.82, 2.24) is 9.78 Å². The molecule has 2 rings (SSSR count). The Bertz CT molecular complexity index is 456. The Morgan fingerprint density at radius 2 is 2.31 bits per heavy atom. The summed E-state index contributed by atoms with van der Waals surface area (Å²) in [6.45, 7) is 1.25. The van der Waals surface area contributed by atoms with Crippen LogP contribution in [0.1, 0.15) is 0 Å². The minimum atomic E-state index is 0.511. The van der Waals surface area contributed by atoms with Crippen LogP contribution in [0.3, 0.4) is 0 Å². The number of benzene rings is 1. The summed E-state index contributed by atoms with van der Waals surface area (Å²) in [5.41, 5.74) is 6.15. The molecule has 2 aromatic rings. The number of rotatable bonds is 4. The molecule has 0 aliphatic rings. The maximum atomic E-state index is 5.87. The van der Waals surface area contributed by atoms with Crippen molar-refractivity contribution >= 4 is 17.3 Å². The van der Waals surface area contributed by atoms with Crippen molar-refractivity contribution in [2.24, 2.45) is 0 Å². The van der Waals surface area contributed by atoms with Crippen molar-refractivity contribution in [2.45, 2.75) is 6.54 Å². The lowest BCUT2D eigenvalue weighted by atomic mass is 10.3. The summed E-state index contributed by atoms with van der Waals surface area (Å²) in [4.78, 5) is 0. The van der Waals surface area contributed by atoms with E-state index in [1.165, 1.54) is 0 Å². The zero-order valence-corrected chi connectivity index (χ0v) is 9.39. The lowest BCUT2D eigenvalue weighted by Gasteiger charge is -2.07. The molecule has 1 aromatic carbocycles. The van der Waals surface area contributed by atoms with Crippen LogP contribution in [0, 0.1) is 0 Å². The number of hydrogen-bond acceptors (Lipinski definition) is 3. The topological polar surface area (TPSA) is 53.1 Å². The minimum absolute atomic E-state index is 0.511. The highest BCUT2D eigenvalue weighted by Gasteiger charge is 1.99. The Hall–Kier alpha value is -1.68. The van der Waals surface area contributed by atoms with Gasteiger partial charge < -0.3 is 10.5 Å². The fourth-order valence-corrected chi connectivity index (χ4v) is 1.46. The lowest BCUT2D eigenvalue weighted by Crippen LogP contribution is -2.08. The van der Waals surface area contributed by atoms with Gasteiger partial charge in [-0.25, -0.2) is 0 Å². The molecule has 0 radical (unpaired) electrons. The van der Waals surface area contributed by atoms with Crippen LogP contribution in [0.15, 0.2) is 36.7 Å². The Balaban J connectivity index is 1.87. The molecule has 0 aliphatic heterocycles. The first-order valence-electron chi connectivity index (χ1n) is 4.91. The van der Waals surface area contributed by atoms with Crippen LogP contribution >= 0.6 is 11.6 Å². The summed E-state index contributed by atoms with van der Waals surface area (Å²) in [5.74, 6) is 0.714. The van der Waals surface area contributed by atoms with Gasteiger partial charge in [0.15, 0.2) is 0 Å². The van der Waals surface area contributed by atoms with E-state index in [0.717, 1.165) is 0 Å². The van der Waals surface area contributed by atoms with Gasteiger partial charge in [-0.1, -0.05) is 11.6 Å². The molecule has 5 heteroatoms. The number of nitrogen functional groups attached to an aromatic ring is 1. The number of ether oxygens (including phenoxy) is 1. The SMILES string of the molecule is Nc1ccc(OCCn2cccn2)cc1Cl. The van der Waals surface area contributed by atoms with E-state index in [1.54, 1.807) is 29.1 Å². The van der Waals surface area contributed by atoms with E-state index in [-0.39, 0.29) is 0 Å². The van der Waals surface area contributed by atoms with E-state index in [0.29, 0.717) is 29.6 Å². The van der Waals surface area contributed by atoms with E-state index >= 15 is 0 Å². The average molecular weight is 238 g/mol. The highest BCUT2D eigenvalue weighted by molar-refractivity contribution is 6.33. The fourth-order valence-electron chi connectivity index (χ4n) is 1.29. The summed E-state index contributed by atoms with van der Waals surface area (Å²) >= 11 is 5.87. The molecule has 1 aromatic heterocycles. The molecular formula is C11H12ClN3O. The van der Waals surface area contributed by atoms with Gasteiger partial charge in [-0.3, -0.25) is 4.68 Å². The van der Waals surface area contributed by atoms with E-state index in [4.69, 9.17) is 22.1 Å². The van der Waals surface area contributed by atoms with Crippen LogP contribution in [0.25, 0.3) is 0 Å². The average Bonchev–Trinajstić information content (AvgIpc) is 2.76. The van der Waals surface area contributed by atoms with Crippen molar-refractivity contribution in [1.29, 1.82) is 0 Å². The summed E-state index contributed by atoms with van der Waals surface area (Å²) in [7, 11) is 0. The Kier molecular flexibility index (Phi) is 3.31. The van der Waals surface area contributed by atoms with Crippen LogP contribution in [0.2, 0.25) is 5.02 Å². The molecule has 0 saturated carbocycles. The normalized spacial score (nSPS) is 10.3. The smallest absolute Gasteiger partial charge is 0.121 e. The van der Waals surface area contributed by atoms with E-state index < -0.39 is 0 Å². The fraction of sp³-hybridized carbons (Fsp3) is 0.182. The van der Waals surface area contributed by atoms with Crippen molar-refractivity contribution in [2.75, 3.05) is 12.3 Å². The molecule has 0 amide bonds. The van der Waals surface area contributed by atoms with Crippen LogP contribution < -0.4 is 10.5 Å². The summed E-state index contributed by atoms with van der Waals surface area (Å²) in [6.07, 6.45) is 3.62. The van der Waals surface area contributed by atoms with Gasteiger partial charge in [-0.05, 0) is 18.2 Å². The molecule has 0 saturated heterocycles. The number of halogens is 1. The second-order valence-corrected chi connectivity index (χ2v) is 3.71. The monoisotopic (exact) mass is 237 g/mol. The number of aromatic nitrogens is 2. The number of hydrogen-bond donors (Lipinski definition) is 1. The molecule has 1 heterocycles. The maximum absolute atomic E-state index is 5.87. The van der Waals surface area contributed by atoms with Gasteiger partial charge >= 0.3 is 0 Å². The number of nitrogens with zero attached hydrogens (tertiary/aromatic N) is 2. The number of nitrogens with two attached hydrogens (primary N) is 1. The summed E-state index contributed by atoms with van der Waals surface area (Å²) < 4.78 is 7.32. The van der Waals surface area contributed by atoms with Gasteiger partial charge in [-0.15, -0.1) is 0 Å². The maximum Gasteiger partial charge on any atom is 0.121 e. The standard InChI is InChI=1S/C11H12ClN3O/c12-10-8-9(2-3-11(10)13)16-7-6-15-5-1-4-14-15/h1-5,8H,6-7,13H2. The third kappa shape index (κ3) is 2.67. The predicted octanol–water partition coefficient (Wildman–Crippen LogP) is 2.20. The highest BCUT2D eigenvalue weighted by atomic mass is 35.5. The summed E-state index contributed by atoms with van der Waals surface area (Å²) in [6, 6.07) is 7.11. The lowest BCUT2D eigenvalue weighted by molar-refractivity contribution is 0.291. The van der Waals surface area contributed by atoms with Gasteiger partial charge in [0.1, 0.15) is 12.4 Å². The van der Waals surface area contributed by atoms with Crippen molar-refractivity contribution in [3.8, 4) is 5.75 Å². The second-order valence-electron chi connectivity index (χ2n) is 3.30. The highest BCUT2D eigenvalue weighted by Crippen LogP contribution is 2.23. The van der Waals surface area contributed by atoms with E-state index in [9.17, 15) is 0 Å². The first kappa shape index (κ1) is 10.8. The van der Waals surface area contributed by atoms with Crippen LogP contribution in [0.5, 0.6) is 5.75 Å². The molecule has 16 heavy (non-hydrogen) atoms. The predicted molar refractivity (Wildman–Crippen MR) is 63.6 cm³/mol. The molecule has 84 valence electrons. The zero-order valence-electron chi connectivity index (χ0n) is 8.64. The minimum Gasteiger partial charge on any atom is -0.492 e. The Morgan fingerprint density at radius 3 is 3.00 bits per heavy atom. The van der Waals surface area contributed by atoms with Gasteiger partial charge in [-0.2, -0.15) is 5.10 Å². The van der Waals surface area contributed by atoms with Gasteiger partial charge in [0.05, 0.1) is 17.3 Å². The van der Waals surface area contributed by atoms with Crippen molar-refractivity contribution in [3.63, 3.8) is 0 Å². The Labute approximate surface area is 98.6 Å². The molecule has 0 aliphatic carbocycles. The molecule has 0 bridgehead atoms. The third-order valence-corrected chi connectivity index (χ3v) is 2.45. The van der Waals surface area contributed by atoms with Gasteiger partial charge in [0.25, 0.3) is 0 Å². The van der Waals surface area contributed by atoms with E-state index in [1.807, 2.05) is 12.3 Å². The van der Waals surface area contributed by atoms with Gasteiger partial charge in [0.2, 0.25) is 0 Å². The van der Waals surface area contributed by atoms with Crippen LogP contribution in [-0.4, -0.2) is 16.4 Å². The van der Waals surface area contributed by atoms with E-state index in [2.05, 4.69) is 5.10 Å². The van der Waals surface area contributed by atoms with Crippen LogP contribution in [-0.2, 0) is 6.54 Å². The largest absolute Gasteiger partial charge is 0.492 e. The molecule has 2 N–H and O–H groups in total. The second kappa shape index (κ2) is 4.90. The molecule has 4 nitrogen and oxygen atoms in total. The quantitative estimate of drug-likeness (QED) is 0.830. The molecule has 0 fully saturated rings. The summed E-state index contributed by atoms with van der Waals surface area (Å²) in [5, 5.41) is 4.58. The van der Waals surface area contributed by atoms with Gasteiger partial charge in [0, 0.05) is 18.5 Å².